The second-order valence-electron chi connectivity index (χ2n) is 3.97. The minimum Gasteiger partial charge on any atom is -0.392 e. The quantitative estimate of drug-likeness (QED) is 0.668. The van der Waals surface area contributed by atoms with Crippen molar-refractivity contribution in [1.82, 2.24) is 4.98 Å². The summed E-state index contributed by atoms with van der Waals surface area (Å²) in [7, 11) is 3.37. The molecule has 0 spiro atoms. The SMILES string of the molecule is COCCCN(CCOC)c1ncccc1CO. The molecule has 0 aliphatic rings. The molecule has 0 unspecified atom stereocenters. The predicted molar refractivity (Wildman–Crippen MR) is 70.7 cm³/mol. The fraction of sp³-hybridized carbons (Fsp3) is 0.615. The van der Waals surface area contributed by atoms with E-state index in [-0.39, 0.29) is 6.61 Å². The number of pyridine rings is 1. The monoisotopic (exact) mass is 254 g/mol. The van der Waals surface area contributed by atoms with Crippen LogP contribution in [0.4, 0.5) is 5.82 Å². The van der Waals surface area contributed by atoms with E-state index in [1.165, 1.54) is 0 Å². The van der Waals surface area contributed by atoms with E-state index in [0.29, 0.717) is 13.2 Å². The first-order valence-corrected chi connectivity index (χ1v) is 6.11. The van der Waals surface area contributed by atoms with Gasteiger partial charge in [0.15, 0.2) is 0 Å². The molecule has 1 aromatic rings. The van der Waals surface area contributed by atoms with Gasteiger partial charge in [-0.25, -0.2) is 4.98 Å². The van der Waals surface area contributed by atoms with Crippen molar-refractivity contribution < 1.29 is 14.6 Å². The molecule has 0 atom stereocenters. The van der Waals surface area contributed by atoms with Crippen LogP contribution in [0.5, 0.6) is 0 Å². The highest BCUT2D eigenvalue weighted by Gasteiger charge is 2.11. The molecule has 1 N–H and O–H groups in total. The lowest BCUT2D eigenvalue weighted by atomic mass is 10.2. The Morgan fingerprint density at radius 2 is 2.00 bits per heavy atom. The van der Waals surface area contributed by atoms with E-state index in [1.54, 1.807) is 20.4 Å². The highest BCUT2D eigenvalue weighted by atomic mass is 16.5. The first kappa shape index (κ1) is 14.9. The number of anilines is 1. The van der Waals surface area contributed by atoms with Crippen LogP contribution in [0.3, 0.4) is 0 Å². The van der Waals surface area contributed by atoms with Gasteiger partial charge in [-0.15, -0.1) is 0 Å². The number of ether oxygens (including phenoxy) is 2. The number of rotatable bonds is 9. The molecule has 5 heteroatoms. The number of hydrogen-bond acceptors (Lipinski definition) is 5. The Labute approximate surface area is 108 Å². The van der Waals surface area contributed by atoms with E-state index in [9.17, 15) is 5.11 Å². The van der Waals surface area contributed by atoms with Crippen molar-refractivity contribution in [2.24, 2.45) is 0 Å². The van der Waals surface area contributed by atoms with Gasteiger partial charge in [0.25, 0.3) is 0 Å². The second-order valence-corrected chi connectivity index (χ2v) is 3.97. The van der Waals surface area contributed by atoms with Crippen molar-refractivity contribution in [3.8, 4) is 0 Å². The van der Waals surface area contributed by atoms with E-state index in [0.717, 1.165) is 30.9 Å². The first-order chi connectivity index (χ1) is 8.83. The number of hydrogen-bond donors (Lipinski definition) is 1. The van der Waals surface area contributed by atoms with E-state index in [4.69, 9.17) is 9.47 Å². The molecule has 0 aliphatic heterocycles. The molecular weight excluding hydrogens is 232 g/mol. The van der Waals surface area contributed by atoms with Crippen molar-refractivity contribution in [3.63, 3.8) is 0 Å². The van der Waals surface area contributed by atoms with Gasteiger partial charge >= 0.3 is 0 Å². The zero-order valence-corrected chi connectivity index (χ0v) is 11.1. The molecule has 0 radical (unpaired) electrons. The number of aliphatic hydroxyl groups excluding tert-OH is 1. The summed E-state index contributed by atoms with van der Waals surface area (Å²) < 4.78 is 10.2. The Hall–Kier alpha value is -1.17. The third kappa shape index (κ3) is 4.60. The molecule has 1 aromatic heterocycles. The number of nitrogens with zero attached hydrogens (tertiary/aromatic N) is 2. The van der Waals surface area contributed by atoms with Gasteiger partial charge in [0.2, 0.25) is 0 Å². The molecule has 0 saturated heterocycles. The van der Waals surface area contributed by atoms with Gasteiger partial charge in [0, 0.05) is 45.7 Å². The Morgan fingerprint density at radius 3 is 2.67 bits per heavy atom. The van der Waals surface area contributed by atoms with Gasteiger partial charge in [0.05, 0.1) is 13.2 Å². The molecule has 5 nitrogen and oxygen atoms in total. The van der Waals surface area contributed by atoms with Gasteiger partial charge < -0.3 is 19.5 Å². The summed E-state index contributed by atoms with van der Waals surface area (Å²) in [5.41, 5.74) is 0.839. The zero-order valence-electron chi connectivity index (χ0n) is 11.1. The smallest absolute Gasteiger partial charge is 0.134 e. The maximum absolute atomic E-state index is 9.34. The van der Waals surface area contributed by atoms with Crippen molar-refractivity contribution in [1.29, 1.82) is 0 Å². The second kappa shape index (κ2) is 8.85. The molecule has 0 fully saturated rings. The Morgan fingerprint density at radius 1 is 1.22 bits per heavy atom. The fourth-order valence-corrected chi connectivity index (χ4v) is 1.76. The topological polar surface area (TPSA) is 54.8 Å². The standard InChI is InChI=1S/C13H22N2O3/c1-17-9-4-7-15(8-10-18-2)13-12(11-16)5-3-6-14-13/h3,5-6,16H,4,7-11H2,1-2H3. The fourth-order valence-electron chi connectivity index (χ4n) is 1.76. The van der Waals surface area contributed by atoms with Crippen molar-refractivity contribution in [2.75, 3.05) is 45.4 Å². The summed E-state index contributed by atoms with van der Waals surface area (Å²) in [6.07, 6.45) is 2.66. The van der Waals surface area contributed by atoms with Crippen LogP contribution in [-0.2, 0) is 16.1 Å². The van der Waals surface area contributed by atoms with Crippen molar-refractivity contribution >= 4 is 5.82 Å². The number of aromatic nitrogens is 1. The third-order valence-electron chi connectivity index (χ3n) is 2.68. The minimum absolute atomic E-state index is 0.00304. The summed E-state index contributed by atoms with van der Waals surface area (Å²) in [6, 6.07) is 3.72. The maximum atomic E-state index is 9.34. The van der Waals surface area contributed by atoms with Crippen LogP contribution in [0.15, 0.2) is 18.3 Å². The molecule has 102 valence electrons. The molecule has 0 amide bonds. The van der Waals surface area contributed by atoms with Gasteiger partial charge in [-0.05, 0) is 12.5 Å². The molecule has 0 bridgehead atoms. The Balaban J connectivity index is 2.72. The van der Waals surface area contributed by atoms with Crippen molar-refractivity contribution in [3.05, 3.63) is 23.9 Å². The minimum atomic E-state index is -0.00304. The van der Waals surface area contributed by atoms with Crippen LogP contribution < -0.4 is 4.90 Å². The van der Waals surface area contributed by atoms with Crippen LogP contribution in [0.1, 0.15) is 12.0 Å². The highest BCUT2D eigenvalue weighted by molar-refractivity contribution is 5.46. The molecule has 1 heterocycles. The largest absolute Gasteiger partial charge is 0.392 e. The van der Waals surface area contributed by atoms with Gasteiger partial charge in [0.1, 0.15) is 5.82 Å². The predicted octanol–water partition coefficient (Wildman–Crippen LogP) is 1.06. The van der Waals surface area contributed by atoms with Crippen LogP contribution in [0, 0.1) is 0 Å². The lowest BCUT2D eigenvalue weighted by Crippen LogP contribution is -2.30. The molecule has 18 heavy (non-hydrogen) atoms. The Kier molecular flexibility index (Phi) is 7.32. The molecule has 0 aliphatic carbocycles. The van der Waals surface area contributed by atoms with E-state index in [1.807, 2.05) is 12.1 Å². The average Bonchev–Trinajstić information content (AvgIpc) is 2.42. The van der Waals surface area contributed by atoms with Crippen LogP contribution in [0.25, 0.3) is 0 Å². The van der Waals surface area contributed by atoms with Gasteiger partial charge in [-0.2, -0.15) is 0 Å². The molecule has 1 rings (SSSR count). The zero-order chi connectivity index (χ0) is 13.2. The number of methoxy groups -OCH3 is 2. The lowest BCUT2D eigenvalue weighted by molar-refractivity contribution is 0.190. The van der Waals surface area contributed by atoms with E-state index >= 15 is 0 Å². The van der Waals surface area contributed by atoms with E-state index < -0.39 is 0 Å². The Bertz CT molecular complexity index is 334. The van der Waals surface area contributed by atoms with Crippen LogP contribution in [-0.4, -0.2) is 50.6 Å². The number of aliphatic hydroxyl groups is 1. The lowest BCUT2D eigenvalue weighted by Gasteiger charge is -2.25. The summed E-state index contributed by atoms with van der Waals surface area (Å²) in [5, 5.41) is 9.34. The summed E-state index contributed by atoms with van der Waals surface area (Å²) in [6.45, 7) is 2.93. The highest BCUT2D eigenvalue weighted by Crippen LogP contribution is 2.17. The van der Waals surface area contributed by atoms with Crippen molar-refractivity contribution in [2.45, 2.75) is 13.0 Å². The third-order valence-corrected chi connectivity index (χ3v) is 2.68. The normalized spacial score (nSPS) is 10.6. The van der Waals surface area contributed by atoms with Gasteiger partial charge in [-0.3, -0.25) is 0 Å². The van der Waals surface area contributed by atoms with Crippen LogP contribution in [0.2, 0.25) is 0 Å². The molecule has 0 saturated carbocycles. The summed E-state index contributed by atoms with van der Waals surface area (Å²) in [4.78, 5) is 6.47. The average molecular weight is 254 g/mol. The van der Waals surface area contributed by atoms with Gasteiger partial charge in [-0.1, -0.05) is 6.07 Å². The molecular formula is C13H22N2O3. The van der Waals surface area contributed by atoms with Crippen LogP contribution >= 0.6 is 0 Å². The maximum Gasteiger partial charge on any atom is 0.134 e. The summed E-state index contributed by atoms with van der Waals surface area (Å²) in [5.74, 6) is 0.827. The first-order valence-electron chi connectivity index (χ1n) is 6.11. The summed E-state index contributed by atoms with van der Waals surface area (Å²) >= 11 is 0. The molecule has 0 aromatic carbocycles. The van der Waals surface area contributed by atoms with E-state index in [2.05, 4.69) is 9.88 Å².